The molecule has 0 fully saturated rings. The molecule has 5 rings (SSSR count). The second-order valence-electron chi connectivity index (χ2n) is 6.60. The fourth-order valence-corrected chi connectivity index (χ4v) is 3.68. The molecular formula is C21H16N6O2S. The fourth-order valence-electron chi connectivity index (χ4n) is 3.04. The van der Waals surface area contributed by atoms with Crippen LogP contribution in [0.15, 0.2) is 70.3 Å². The predicted molar refractivity (Wildman–Crippen MR) is 114 cm³/mol. The van der Waals surface area contributed by atoms with Gasteiger partial charge in [0.1, 0.15) is 5.52 Å². The van der Waals surface area contributed by atoms with Crippen molar-refractivity contribution < 1.29 is 9.21 Å². The molecule has 5 aromatic rings. The molecule has 0 aliphatic carbocycles. The molecule has 0 atom stereocenters. The standard InChI is InChI=1S/C21H16N6O2S/c1-13-24-25-19-10-9-16(26-27(13)19)14-5-4-6-15(11-14)22-20(28)12-30-21-23-17-7-2-3-8-18(17)29-21/h2-11H,12H2,1H3,(H,22,28). The molecule has 1 N–H and O–H groups in total. The third-order valence-electron chi connectivity index (χ3n) is 4.46. The molecule has 148 valence electrons. The van der Waals surface area contributed by atoms with Crippen LogP contribution in [0, 0.1) is 6.92 Å². The van der Waals surface area contributed by atoms with Gasteiger partial charge in [0, 0.05) is 11.3 Å². The lowest BCUT2D eigenvalue weighted by atomic mass is 10.1. The first kappa shape index (κ1) is 18.3. The number of para-hydroxylation sites is 2. The van der Waals surface area contributed by atoms with E-state index in [0.29, 0.717) is 28.0 Å². The van der Waals surface area contributed by atoms with Gasteiger partial charge < -0.3 is 9.73 Å². The predicted octanol–water partition coefficient (Wildman–Crippen LogP) is 3.97. The molecule has 8 nitrogen and oxygen atoms in total. The third kappa shape index (κ3) is 3.62. The maximum absolute atomic E-state index is 12.4. The second kappa shape index (κ2) is 7.60. The highest BCUT2D eigenvalue weighted by molar-refractivity contribution is 7.99. The van der Waals surface area contributed by atoms with Gasteiger partial charge in [0.25, 0.3) is 5.22 Å². The number of hydrogen-bond acceptors (Lipinski definition) is 7. The Bertz CT molecular complexity index is 1340. The Kier molecular flexibility index (Phi) is 4.64. The summed E-state index contributed by atoms with van der Waals surface area (Å²) in [5, 5.41) is 16.0. The topological polar surface area (TPSA) is 98.2 Å². The van der Waals surface area contributed by atoms with Gasteiger partial charge in [0.05, 0.1) is 11.4 Å². The molecule has 0 bridgehead atoms. The molecule has 2 aromatic carbocycles. The maximum atomic E-state index is 12.4. The van der Waals surface area contributed by atoms with E-state index in [1.54, 1.807) is 4.52 Å². The number of benzene rings is 2. The van der Waals surface area contributed by atoms with Crippen LogP contribution in [-0.4, -0.2) is 36.5 Å². The largest absolute Gasteiger partial charge is 0.431 e. The van der Waals surface area contributed by atoms with Gasteiger partial charge in [-0.3, -0.25) is 4.79 Å². The van der Waals surface area contributed by atoms with E-state index < -0.39 is 0 Å². The summed E-state index contributed by atoms with van der Waals surface area (Å²) < 4.78 is 7.33. The molecule has 9 heteroatoms. The van der Waals surface area contributed by atoms with Crippen molar-refractivity contribution in [3.05, 3.63) is 66.5 Å². The first-order valence-corrected chi connectivity index (χ1v) is 10.2. The number of aromatic nitrogens is 5. The van der Waals surface area contributed by atoms with Gasteiger partial charge >= 0.3 is 0 Å². The van der Waals surface area contributed by atoms with E-state index in [0.717, 1.165) is 16.8 Å². The van der Waals surface area contributed by atoms with Gasteiger partial charge in [0.2, 0.25) is 5.91 Å². The van der Waals surface area contributed by atoms with Crippen molar-refractivity contribution in [1.82, 2.24) is 24.8 Å². The average Bonchev–Trinajstić information content (AvgIpc) is 3.35. The van der Waals surface area contributed by atoms with Crippen molar-refractivity contribution in [2.45, 2.75) is 12.1 Å². The number of thioether (sulfide) groups is 1. The zero-order valence-corrected chi connectivity index (χ0v) is 16.8. The molecule has 30 heavy (non-hydrogen) atoms. The number of anilines is 1. The SMILES string of the molecule is Cc1nnc2ccc(-c3cccc(NC(=O)CSc4nc5ccccc5o4)c3)nn12. The summed E-state index contributed by atoms with van der Waals surface area (Å²) >= 11 is 1.26. The van der Waals surface area contributed by atoms with Crippen LogP contribution < -0.4 is 5.32 Å². The summed E-state index contributed by atoms with van der Waals surface area (Å²) in [7, 11) is 0. The van der Waals surface area contributed by atoms with Crippen LogP contribution in [0.5, 0.6) is 0 Å². The summed E-state index contributed by atoms with van der Waals surface area (Å²) in [6.45, 7) is 1.85. The van der Waals surface area contributed by atoms with Gasteiger partial charge in [-0.1, -0.05) is 36.0 Å². The minimum absolute atomic E-state index is 0.141. The van der Waals surface area contributed by atoms with E-state index in [4.69, 9.17) is 4.42 Å². The average molecular weight is 416 g/mol. The molecule has 0 aliphatic rings. The molecule has 3 heterocycles. The number of fused-ring (bicyclic) bond motifs is 2. The summed E-state index contributed by atoms with van der Waals surface area (Å²) in [4.78, 5) is 16.8. The lowest BCUT2D eigenvalue weighted by Gasteiger charge is -2.07. The Balaban J connectivity index is 1.28. The second-order valence-corrected chi connectivity index (χ2v) is 7.53. The Morgan fingerprint density at radius 1 is 1.10 bits per heavy atom. The monoisotopic (exact) mass is 416 g/mol. The number of nitrogens with zero attached hydrogens (tertiary/aromatic N) is 5. The Labute approximate surface area is 175 Å². The normalized spacial score (nSPS) is 11.2. The Morgan fingerprint density at radius 2 is 2.00 bits per heavy atom. The minimum Gasteiger partial charge on any atom is -0.431 e. The van der Waals surface area contributed by atoms with E-state index >= 15 is 0 Å². The van der Waals surface area contributed by atoms with Crippen molar-refractivity contribution in [3.8, 4) is 11.3 Å². The van der Waals surface area contributed by atoms with Gasteiger partial charge in [-0.15, -0.1) is 10.2 Å². The minimum atomic E-state index is -0.141. The highest BCUT2D eigenvalue weighted by Crippen LogP contribution is 2.24. The smallest absolute Gasteiger partial charge is 0.257 e. The molecular weight excluding hydrogens is 400 g/mol. The van der Waals surface area contributed by atoms with Crippen molar-refractivity contribution in [2.75, 3.05) is 11.1 Å². The Morgan fingerprint density at radius 3 is 2.90 bits per heavy atom. The van der Waals surface area contributed by atoms with Gasteiger partial charge in [-0.05, 0) is 43.3 Å². The molecule has 0 radical (unpaired) electrons. The number of aryl methyl sites for hydroxylation is 1. The number of carbonyl (C=O) groups is 1. The number of amides is 1. The maximum Gasteiger partial charge on any atom is 0.257 e. The molecule has 0 spiro atoms. The molecule has 0 saturated heterocycles. The molecule has 0 saturated carbocycles. The van der Waals surface area contributed by atoms with Crippen molar-refractivity contribution in [1.29, 1.82) is 0 Å². The quantitative estimate of drug-likeness (QED) is 0.433. The number of oxazole rings is 1. The van der Waals surface area contributed by atoms with E-state index in [1.807, 2.05) is 67.6 Å². The van der Waals surface area contributed by atoms with E-state index in [9.17, 15) is 4.79 Å². The van der Waals surface area contributed by atoms with Crippen LogP contribution in [0.1, 0.15) is 5.82 Å². The number of rotatable bonds is 5. The van der Waals surface area contributed by atoms with Crippen LogP contribution in [0.4, 0.5) is 5.69 Å². The van der Waals surface area contributed by atoms with E-state index in [1.165, 1.54) is 11.8 Å². The highest BCUT2D eigenvalue weighted by Gasteiger charge is 2.11. The number of hydrogen-bond donors (Lipinski definition) is 1. The third-order valence-corrected chi connectivity index (χ3v) is 5.29. The van der Waals surface area contributed by atoms with E-state index in [-0.39, 0.29) is 11.7 Å². The summed E-state index contributed by atoms with van der Waals surface area (Å²) in [5.74, 6) is 0.770. The highest BCUT2D eigenvalue weighted by atomic mass is 32.2. The van der Waals surface area contributed by atoms with Gasteiger partial charge in [0.15, 0.2) is 17.1 Å². The summed E-state index contributed by atoms with van der Waals surface area (Å²) in [5.41, 5.74) is 4.52. The van der Waals surface area contributed by atoms with Crippen molar-refractivity contribution >= 4 is 40.1 Å². The van der Waals surface area contributed by atoms with Crippen molar-refractivity contribution in [3.63, 3.8) is 0 Å². The molecule has 3 aromatic heterocycles. The number of carbonyl (C=O) groups excluding carboxylic acids is 1. The summed E-state index contributed by atoms with van der Waals surface area (Å²) in [6, 6.07) is 18.8. The molecule has 1 amide bonds. The molecule has 0 unspecified atom stereocenters. The van der Waals surface area contributed by atoms with Crippen LogP contribution in [-0.2, 0) is 4.79 Å². The van der Waals surface area contributed by atoms with Gasteiger partial charge in [-0.25, -0.2) is 4.98 Å². The zero-order chi connectivity index (χ0) is 20.5. The fraction of sp³-hybridized carbons (Fsp3) is 0.0952. The zero-order valence-electron chi connectivity index (χ0n) is 15.9. The van der Waals surface area contributed by atoms with E-state index in [2.05, 4.69) is 25.6 Å². The Hall–Kier alpha value is -3.72. The van der Waals surface area contributed by atoms with Gasteiger partial charge in [-0.2, -0.15) is 9.61 Å². The van der Waals surface area contributed by atoms with Crippen LogP contribution in [0.2, 0.25) is 0 Å². The molecule has 0 aliphatic heterocycles. The lowest BCUT2D eigenvalue weighted by molar-refractivity contribution is -0.113. The first-order valence-electron chi connectivity index (χ1n) is 9.23. The number of nitrogens with one attached hydrogen (secondary N) is 1. The van der Waals surface area contributed by atoms with Crippen molar-refractivity contribution in [2.24, 2.45) is 0 Å². The van der Waals surface area contributed by atoms with Crippen LogP contribution in [0.25, 0.3) is 28.0 Å². The first-order chi connectivity index (χ1) is 14.7. The van der Waals surface area contributed by atoms with Crippen LogP contribution >= 0.6 is 11.8 Å². The van der Waals surface area contributed by atoms with Crippen LogP contribution in [0.3, 0.4) is 0 Å². The lowest BCUT2D eigenvalue weighted by Crippen LogP contribution is -2.14. The summed E-state index contributed by atoms with van der Waals surface area (Å²) in [6.07, 6.45) is 0.